The molecule has 1 fully saturated rings. The van der Waals surface area contributed by atoms with Crippen LogP contribution in [0.5, 0.6) is 0 Å². The van der Waals surface area contributed by atoms with Crippen LogP contribution in [-0.4, -0.2) is 42.9 Å². The van der Waals surface area contributed by atoms with E-state index < -0.39 is 24.9 Å². The van der Waals surface area contributed by atoms with Crippen molar-refractivity contribution in [3.05, 3.63) is 29.8 Å². The minimum atomic E-state index is -1.87. The van der Waals surface area contributed by atoms with Gasteiger partial charge in [-0.25, -0.2) is 0 Å². The third-order valence-corrected chi connectivity index (χ3v) is 11.2. The molecule has 0 aliphatic carbocycles. The van der Waals surface area contributed by atoms with Crippen LogP contribution < -0.4 is 0 Å². The summed E-state index contributed by atoms with van der Waals surface area (Å²) >= 11 is 0. The van der Waals surface area contributed by atoms with Gasteiger partial charge in [-0.2, -0.15) is 0 Å². The zero-order valence-corrected chi connectivity index (χ0v) is 19.2. The molecule has 148 valence electrons. The van der Waals surface area contributed by atoms with Crippen molar-refractivity contribution in [3.63, 3.8) is 0 Å². The van der Waals surface area contributed by atoms with E-state index in [-0.39, 0.29) is 17.2 Å². The molecule has 0 bridgehead atoms. The first-order valence-electron chi connectivity index (χ1n) is 9.25. The number of hydrogen-bond donors (Lipinski definition) is 0. The maximum atomic E-state index is 12.8. The van der Waals surface area contributed by atoms with E-state index in [1.165, 1.54) is 0 Å². The summed E-state index contributed by atoms with van der Waals surface area (Å²) in [5.41, 5.74) is 1.16. The summed E-state index contributed by atoms with van der Waals surface area (Å²) in [7, 11) is -3.00. The minimum absolute atomic E-state index is 0.141. The highest BCUT2D eigenvalue weighted by molar-refractivity contribution is 7.85. The summed E-state index contributed by atoms with van der Waals surface area (Å²) in [5, 5.41) is 0.141. The lowest BCUT2D eigenvalue weighted by Gasteiger charge is -2.37. The Kier molecular flexibility index (Phi) is 6.56. The van der Waals surface area contributed by atoms with Crippen LogP contribution in [0.25, 0.3) is 0 Å². The molecule has 1 heterocycles. The predicted octanol–water partition coefficient (Wildman–Crippen LogP) is 4.64. The second kappa shape index (κ2) is 7.84. The lowest BCUT2D eigenvalue weighted by atomic mass is 10.2. The molecule has 4 nitrogen and oxygen atoms in total. The van der Waals surface area contributed by atoms with E-state index in [9.17, 15) is 4.21 Å². The Bertz CT molecular complexity index is 634. The number of rotatable bonds is 6. The first-order chi connectivity index (χ1) is 11.8. The SMILES string of the molecule is Cc1ccc(S(=O)CC2OC(C)(C)OC2CO[Si](C)(C)C(C)(C)C)cc1. The van der Waals surface area contributed by atoms with Gasteiger partial charge in [-0.05, 0) is 51.0 Å². The summed E-state index contributed by atoms with van der Waals surface area (Å²) in [6.07, 6.45) is -0.439. The maximum Gasteiger partial charge on any atom is 0.192 e. The number of hydrogen-bond acceptors (Lipinski definition) is 4. The molecule has 0 amide bonds. The minimum Gasteiger partial charge on any atom is -0.414 e. The van der Waals surface area contributed by atoms with E-state index in [0.717, 1.165) is 10.5 Å². The van der Waals surface area contributed by atoms with Crippen molar-refractivity contribution in [2.24, 2.45) is 0 Å². The fourth-order valence-corrected chi connectivity index (χ4v) is 4.86. The molecule has 1 saturated heterocycles. The summed E-state index contributed by atoms with van der Waals surface area (Å²) in [6.45, 7) is 17.4. The predicted molar refractivity (Wildman–Crippen MR) is 109 cm³/mol. The van der Waals surface area contributed by atoms with E-state index in [1.807, 2.05) is 45.0 Å². The van der Waals surface area contributed by atoms with E-state index in [2.05, 4.69) is 33.9 Å². The van der Waals surface area contributed by atoms with Gasteiger partial charge in [-0.1, -0.05) is 38.5 Å². The number of benzene rings is 1. The largest absolute Gasteiger partial charge is 0.414 e. The molecule has 0 saturated carbocycles. The molecule has 0 radical (unpaired) electrons. The average molecular weight is 399 g/mol. The van der Waals surface area contributed by atoms with Crippen LogP contribution in [0, 0.1) is 6.92 Å². The summed E-state index contributed by atoms with van der Waals surface area (Å²) in [6, 6.07) is 7.82. The Balaban J connectivity index is 2.05. The highest BCUT2D eigenvalue weighted by Gasteiger charge is 2.44. The Morgan fingerprint density at radius 2 is 1.65 bits per heavy atom. The maximum absolute atomic E-state index is 12.8. The van der Waals surface area contributed by atoms with Gasteiger partial charge in [0, 0.05) is 4.90 Å². The van der Waals surface area contributed by atoms with Gasteiger partial charge in [0.05, 0.1) is 23.2 Å². The molecule has 0 N–H and O–H groups in total. The molecule has 1 aromatic rings. The van der Waals surface area contributed by atoms with Gasteiger partial charge in [0.25, 0.3) is 0 Å². The number of aryl methyl sites for hydroxylation is 1. The highest BCUT2D eigenvalue weighted by atomic mass is 32.2. The molecule has 2 rings (SSSR count). The molecule has 1 aliphatic heterocycles. The monoisotopic (exact) mass is 398 g/mol. The van der Waals surface area contributed by atoms with E-state index in [4.69, 9.17) is 13.9 Å². The molecular formula is C20H34O4SSi. The molecular weight excluding hydrogens is 364 g/mol. The van der Waals surface area contributed by atoms with Crippen molar-refractivity contribution in [1.82, 2.24) is 0 Å². The Hall–Kier alpha value is -0.533. The molecule has 3 atom stereocenters. The van der Waals surface area contributed by atoms with Crippen LogP contribution in [0.15, 0.2) is 29.2 Å². The molecule has 6 heteroatoms. The topological polar surface area (TPSA) is 44.8 Å². The van der Waals surface area contributed by atoms with E-state index in [1.54, 1.807) is 0 Å². The van der Waals surface area contributed by atoms with Crippen LogP contribution in [0.3, 0.4) is 0 Å². The fourth-order valence-electron chi connectivity index (χ4n) is 2.63. The van der Waals surface area contributed by atoms with Gasteiger partial charge in [0.1, 0.15) is 12.2 Å². The van der Waals surface area contributed by atoms with Crippen LogP contribution in [0.4, 0.5) is 0 Å². The van der Waals surface area contributed by atoms with Crippen molar-refractivity contribution in [3.8, 4) is 0 Å². The first-order valence-corrected chi connectivity index (χ1v) is 13.5. The van der Waals surface area contributed by atoms with Crippen LogP contribution in [0.2, 0.25) is 18.1 Å². The van der Waals surface area contributed by atoms with Crippen LogP contribution in [0.1, 0.15) is 40.2 Å². The van der Waals surface area contributed by atoms with Crippen molar-refractivity contribution < 1.29 is 18.1 Å². The van der Waals surface area contributed by atoms with Crippen LogP contribution in [-0.2, 0) is 24.7 Å². The second-order valence-electron chi connectivity index (χ2n) is 9.11. The van der Waals surface area contributed by atoms with Crippen molar-refractivity contribution in [2.75, 3.05) is 12.4 Å². The van der Waals surface area contributed by atoms with Gasteiger partial charge in [-0.15, -0.1) is 0 Å². The van der Waals surface area contributed by atoms with E-state index in [0.29, 0.717) is 12.4 Å². The molecule has 1 aromatic carbocycles. The summed E-state index contributed by atoms with van der Waals surface area (Å²) < 4.78 is 31.2. The van der Waals surface area contributed by atoms with Gasteiger partial charge in [-0.3, -0.25) is 4.21 Å². The quantitative estimate of drug-likeness (QED) is 0.655. The third-order valence-electron chi connectivity index (χ3n) is 5.30. The van der Waals surface area contributed by atoms with Crippen LogP contribution >= 0.6 is 0 Å². The molecule has 3 unspecified atom stereocenters. The third kappa shape index (κ3) is 5.49. The standard InChI is InChI=1S/C20H34O4SSi/c1-15-9-11-16(12-10-15)25(21)14-18-17(23-20(5,6)24-18)13-22-26(7,8)19(2,3)4/h9-12,17-18H,13-14H2,1-8H3. The zero-order valence-electron chi connectivity index (χ0n) is 17.4. The zero-order chi connectivity index (χ0) is 19.8. The molecule has 26 heavy (non-hydrogen) atoms. The van der Waals surface area contributed by atoms with Crippen molar-refractivity contribution in [1.29, 1.82) is 0 Å². The molecule has 0 aromatic heterocycles. The van der Waals surface area contributed by atoms with Gasteiger partial charge in [0.2, 0.25) is 0 Å². The van der Waals surface area contributed by atoms with Gasteiger partial charge in [0.15, 0.2) is 14.1 Å². The molecule has 0 spiro atoms. The van der Waals surface area contributed by atoms with Gasteiger partial charge < -0.3 is 13.9 Å². The van der Waals surface area contributed by atoms with E-state index >= 15 is 0 Å². The lowest BCUT2D eigenvalue weighted by Crippen LogP contribution is -2.44. The Morgan fingerprint density at radius 1 is 1.12 bits per heavy atom. The fraction of sp³-hybridized carbons (Fsp3) is 0.700. The Morgan fingerprint density at radius 3 is 2.19 bits per heavy atom. The average Bonchev–Trinajstić information content (AvgIpc) is 2.78. The lowest BCUT2D eigenvalue weighted by molar-refractivity contribution is -0.147. The first kappa shape index (κ1) is 21.8. The number of ether oxygens (including phenoxy) is 2. The highest BCUT2D eigenvalue weighted by Crippen LogP contribution is 2.38. The summed E-state index contributed by atoms with van der Waals surface area (Å²) in [4.78, 5) is 0.827. The van der Waals surface area contributed by atoms with Gasteiger partial charge >= 0.3 is 0 Å². The Labute approximate surface area is 162 Å². The normalized spacial score (nSPS) is 24.6. The van der Waals surface area contributed by atoms with Crippen molar-refractivity contribution in [2.45, 2.75) is 82.6 Å². The second-order valence-corrected chi connectivity index (χ2v) is 15.4. The molecule has 1 aliphatic rings. The summed E-state index contributed by atoms with van der Waals surface area (Å²) in [5.74, 6) is -0.262. The van der Waals surface area contributed by atoms with Crippen molar-refractivity contribution >= 4 is 19.1 Å². The smallest absolute Gasteiger partial charge is 0.192 e.